The van der Waals surface area contributed by atoms with Gasteiger partial charge in [-0.3, -0.25) is 14.4 Å². The van der Waals surface area contributed by atoms with Crippen LogP contribution in [-0.4, -0.2) is 55.3 Å². The summed E-state index contributed by atoms with van der Waals surface area (Å²) in [5.41, 5.74) is 2.75. The highest BCUT2D eigenvalue weighted by Crippen LogP contribution is 2.25. The SMILES string of the molecule is COCC1NC(=O)C(CC(=O)NC(CO)Cc2ccc(OCc3ccccc3)cc2)CC=CCCCCC(=O)OC1c1ccccc1. The number of benzene rings is 3. The molecule has 250 valence electrons. The summed E-state index contributed by atoms with van der Waals surface area (Å²) in [6.07, 6.45) is 6.38. The number of nitrogens with one attached hydrogen (secondary N) is 2. The largest absolute Gasteiger partial charge is 0.489 e. The van der Waals surface area contributed by atoms with Gasteiger partial charge < -0.3 is 30.0 Å². The molecule has 4 atom stereocenters. The summed E-state index contributed by atoms with van der Waals surface area (Å²) in [6, 6.07) is 25.6. The van der Waals surface area contributed by atoms with Crippen LogP contribution in [0.25, 0.3) is 0 Å². The highest BCUT2D eigenvalue weighted by Gasteiger charge is 2.31. The molecule has 47 heavy (non-hydrogen) atoms. The lowest BCUT2D eigenvalue weighted by molar-refractivity contribution is -0.153. The average Bonchev–Trinajstić information content (AvgIpc) is 3.09. The zero-order valence-corrected chi connectivity index (χ0v) is 27.0. The van der Waals surface area contributed by atoms with Crippen LogP contribution in [0.5, 0.6) is 5.75 Å². The number of hydrogen-bond acceptors (Lipinski definition) is 7. The van der Waals surface area contributed by atoms with E-state index in [4.69, 9.17) is 14.2 Å². The summed E-state index contributed by atoms with van der Waals surface area (Å²) < 4.78 is 17.2. The predicted molar refractivity (Wildman–Crippen MR) is 179 cm³/mol. The van der Waals surface area contributed by atoms with Gasteiger partial charge in [0.1, 0.15) is 18.5 Å². The van der Waals surface area contributed by atoms with Crippen molar-refractivity contribution < 1.29 is 33.7 Å². The van der Waals surface area contributed by atoms with E-state index in [9.17, 15) is 19.5 Å². The van der Waals surface area contributed by atoms with E-state index in [0.29, 0.717) is 25.9 Å². The van der Waals surface area contributed by atoms with E-state index >= 15 is 0 Å². The molecule has 4 unspecified atom stereocenters. The van der Waals surface area contributed by atoms with Crippen LogP contribution in [0, 0.1) is 5.92 Å². The molecule has 2 amide bonds. The van der Waals surface area contributed by atoms with Gasteiger partial charge in [-0.1, -0.05) is 84.9 Å². The molecule has 9 heteroatoms. The van der Waals surface area contributed by atoms with E-state index in [2.05, 4.69) is 10.6 Å². The maximum atomic E-state index is 13.7. The zero-order valence-electron chi connectivity index (χ0n) is 27.0. The molecule has 0 saturated carbocycles. The summed E-state index contributed by atoms with van der Waals surface area (Å²) >= 11 is 0. The molecule has 0 saturated heterocycles. The van der Waals surface area contributed by atoms with Crippen molar-refractivity contribution in [1.29, 1.82) is 0 Å². The average molecular weight is 643 g/mol. The van der Waals surface area contributed by atoms with Crippen LogP contribution in [0.2, 0.25) is 0 Å². The number of aliphatic hydroxyl groups excluding tert-OH is 1. The molecule has 1 aliphatic rings. The Labute approximate surface area is 277 Å². The Morgan fingerprint density at radius 2 is 1.68 bits per heavy atom. The minimum Gasteiger partial charge on any atom is -0.489 e. The van der Waals surface area contributed by atoms with Crippen molar-refractivity contribution in [3.05, 3.63) is 114 Å². The Bertz CT molecular complexity index is 1410. The fourth-order valence-corrected chi connectivity index (χ4v) is 5.52. The van der Waals surface area contributed by atoms with E-state index in [1.807, 2.05) is 97.1 Å². The van der Waals surface area contributed by atoms with Crippen LogP contribution in [0.15, 0.2) is 97.1 Å². The molecule has 3 N–H and O–H groups in total. The topological polar surface area (TPSA) is 123 Å². The van der Waals surface area contributed by atoms with Crippen molar-refractivity contribution in [2.45, 2.75) is 69.7 Å². The van der Waals surface area contributed by atoms with E-state index in [-0.39, 0.29) is 43.8 Å². The van der Waals surface area contributed by atoms with Crippen LogP contribution in [0.3, 0.4) is 0 Å². The van der Waals surface area contributed by atoms with Gasteiger partial charge in [0.15, 0.2) is 0 Å². The van der Waals surface area contributed by atoms with E-state index in [1.54, 1.807) is 0 Å². The normalized spacial score (nSPS) is 19.9. The number of rotatable bonds is 12. The highest BCUT2D eigenvalue weighted by molar-refractivity contribution is 5.86. The summed E-state index contributed by atoms with van der Waals surface area (Å²) in [5.74, 6) is -0.967. The number of carbonyl (C=O) groups excluding carboxylic acids is 3. The van der Waals surface area contributed by atoms with Gasteiger partial charge in [-0.25, -0.2) is 0 Å². The minimum atomic E-state index is -0.755. The fourth-order valence-electron chi connectivity index (χ4n) is 5.52. The molecule has 1 heterocycles. The Morgan fingerprint density at radius 1 is 0.957 bits per heavy atom. The number of ether oxygens (including phenoxy) is 3. The maximum absolute atomic E-state index is 13.7. The third kappa shape index (κ3) is 12.0. The number of aliphatic hydroxyl groups is 1. The number of amides is 2. The standard InChI is InChI=1S/C38H46N2O7/c1-45-27-34-37(30-15-10-6-11-16-30)47-36(43)18-12-4-2-3-9-17-31(38(44)40-34)24-35(42)39-32(25-41)23-28-19-21-33(22-20-28)46-26-29-13-7-5-8-14-29/h3,5-11,13-16,19-22,31-32,34,37,41H,2,4,12,17-18,23-27H2,1H3,(H,39,42)(H,40,44). The van der Waals surface area contributed by atoms with Crippen LogP contribution in [-0.2, 0) is 36.9 Å². The van der Waals surface area contributed by atoms with Crippen LogP contribution < -0.4 is 15.4 Å². The predicted octanol–water partition coefficient (Wildman–Crippen LogP) is 5.23. The summed E-state index contributed by atoms with van der Waals surface area (Å²) in [5, 5.41) is 16.0. The Balaban J connectivity index is 1.40. The number of cyclic esters (lactones) is 1. The second-order valence-electron chi connectivity index (χ2n) is 11.8. The molecule has 3 aromatic rings. The van der Waals surface area contributed by atoms with Gasteiger partial charge in [-0.2, -0.15) is 0 Å². The summed E-state index contributed by atoms with van der Waals surface area (Å²) in [6.45, 7) is 0.314. The second kappa shape index (κ2) is 19.3. The number of esters is 1. The van der Waals surface area contributed by atoms with Gasteiger partial charge >= 0.3 is 5.97 Å². The Hall–Kier alpha value is -4.47. The van der Waals surface area contributed by atoms with Crippen molar-refractivity contribution in [1.82, 2.24) is 10.6 Å². The first-order chi connectivity index (χ1) is 22.9. The third-order valence-electron chi connectivity index (χ3n) is 8.06. The van der Waals surface area contributed by atoms with Gasteiger partial charge in [0.05, 0.1) is 31.2 Å². The van der Waals surface area contributed by atoms with Crippen molar-refractivity contribution in [2.75, 3.05) is 20.3 Å². The number of allylic oxidation sites excluding steroid dienone is 2. The molecule has 0 radical (unpaired) electrons. The number of carbonyl (C=O) groups is 3. The minimum absolute atomic E-state index is 0.0750. The monoisotopic (exact) mass is 642 g/mol. The molecule has 0 bridgehead atoms. The summed E-state index contributed by atoms with van der Waals surface area (Å²) in [7, 11) is 1.52. The first-order valence-electron chi connectivity index (χ1n) is 16.3. The van der Waals surface area contributed by atoms with Crippen molar-refractivity contribution in [3.8, 4) is 5.75 Å². The van der Waals surface area contributed by atoms with Gasteiger partial charge in [-0.05, 0) is 60.9 Å². The molecule has 0 fully saturated rings. The first kappa shape index (κ1) is 35.4. The third-order valence-corrected chi connectivity index (χ3v) is 8.06. The molecule has 4 rings (SSSR count). The maximum Gasteiger partial charge on any atom is 0.306 e. The molecule has 3 aromatic carbocycles. The molecule has 9 nitrogen and oxygen atoms in total. The van der Waals surface area contributed by atoms with Crippen LogP contribution in [0.4, 0.5) is 0 Å². The lowest BCUT2D eigenvalue weighted by Crippen LogP contribution is -2.47. The quantitative estimate of drug-likeness (QED) is 0.183. The van der Waals surface area contributed by atoms with Crippen molar-refractivity contribution in [2.24, 2.45) is 5.92 Å². The fraction of sp³-hybridized carbons (Fsp3) is 0.395. The van der Waals surface area contributed by atoms with Crippen LogP contribution >= 0.6 is 0 Å². The first-order valence-corrected chi connectivity index (χ1v) is 16.3. The Morgan fingerprint density at radius 3 is 2.38 bits per heavy atom. The van der Waals surface area contributed by atoms with Gasteiger partial charge in [0.2, 0.25) is 11.8 Å². The van der Waals surface area contributed by atoms with Crippen LogP contribution in [0.1, 0.15) is 61.3 Å². The second-order valence-corrected chi connectivity index (χ2v) is 11.8. The smallest absolute Gasteiger partial charge is 0.306 e. The molecule has 1 aliphatic heterocycles. The molecule has 0 aliphatic carbocycles. The Kier molecular flexibility index (Phi) is 14.5. The van der Waals surface area contributed by atoms with Gasteiger partial charge in [0.25, 0.3) is 0 Å². The van der Waals surface area contributed by atoms with Gasteiger partial charge in [-0.15, -0.1) is 0 Å². The van der Waals surface area contributed by atoms with E-state index < -0.39 is 24.1 Å². The zero-order chi connectivity index (χ0) is 33.3. The number of methoxy groups -OCH3 is 1. The lowest BCUT2D eigenvalue weighted by atomic mass is 9.96. The molecule has 0 spiro atoms. The highest BCUT2D eigenvalue weighted by atomic mass is 16.5. The summed E-state index contributed by atoms with van der Waals surface area (Å²) in [4.78, 5) is 39.7. The van der Waals surface area contributed by atoms with Crippen molar-refractivity contribution >= 4 is 17.8 Å². The lowest BCUT2D eigenvalue weighted by Gasteiger charge is -2.29. The molecular weight excluding hydrogens is 596 g/mol. The van der Waals surface area contributed by atoms with Crippen molar-refractivity contribution in [3.63, 3.8) is 0 Å². The number of hydrogen-bond donors (Lipinski definition) is 3. The molecule has 0 aromatic heterocycles. The molecular formula is C38H46N2O7. The van der Waals surface area contributed by atoms with E-state index in [1.165, 1.54) is 7.11 Å². The van der Waals surface area contributed by atoms with E-state index in [0.717, 1.165) is 35.3 Å². The van der Waals surface area contributed by atoms with Gasteiger partial charge in [0, 0.05) is 20.0 Å².